The first kappa shape index (κ1) is 15.0. The zero-order valence-corrected chi connectivity index (χ0v) is 14.2. The van der Waals surface area contributed by atoms with Crippen LogP contribution in [0.5, 0.6) is 0 Å². The molecule has 0 aliphatic heterocycles. The molecule has 0 unspecified atom stereocenters. The Morgan fingerprint density at radius 2 is 2.16 bits per heavy atom. The number of thioether (sulfide) groups is 1. The highest BCUT2D eigenvalue weighted by Gasteiger charge is 2.06. The molecule has 0 saturated heterocycles. The van der Waals surface area contributed by atoms with E-state index in [1.807, 2.05) is 24.3 Å². The van der Waals surface area contributed by atoms with Crippen LogP contribution in [0.25, 0.3) is 0 Å². The zero-order valence-electron chi connectivity index (χ0n) is 10.2. The van der Waals surface area contributed by atoms with E-state index in [1.165, 1.54) is 0 Å². The van der Waals surface area contributed by atoms with Gasteiger partial charge in [0.25, 0.3) is 0 Å². The highest BCUT2D eigenvalue weighted by atomic mass is 79.9. The molecule has 0 fully saturated rings. The number of aromatic amines is 1. The minimum absolute atomic E-state index is 0.602. The summed E-state index contributed by atoms with van der Waals surface area (Å²) in [6, 6.07) is 7.79. The topological polar surface area (TPSA) is 28.7 Å². The second-order valence-electron chi connectivity index (χ2n) is 3.85. The van der Waals surface area contributed by atoms with E-state index in [1.54, 1.807) is 11.8 Å². The number of rotatable bonds is 4. The maximum absolute atomic E-state index is 6.13. The molecule has 1 aromatic carbocycles. The molecule has 1 heterocycles. The van der Waals surface area contributed by atoms with Gasteiger partial charge in [-0.3, -0.25) is 0 Å². The predicted molar refractivity (Wildman–Crippen MR) is 87.5 cm³/mol. The lowest BCUT2D eigenvalue weighted by Gasteiger charge is -2.07. The van der Waals surface area contributed by atoms with Gasteiger partial charge in [-0.2, -0.15) is 0 Å². The Balaban J connectivity index is 2.19. The average Bonchev–Trinajstić information content (AvgIpc) is 2.41. The minimum atomic E-state index is 0.602. The molecule has 6 heteroatoms. The summed E-state index contributed by atoms with van der Waals surface area (Å²) in [5.41, 5.74) is 1.08. The average molecular weight is 376 g/mol. The molecule has 19 heavy (non-hydrogen) atoms. The first-order valence-corrected chi connectivity index (χ1v) is 8.33. The van der Waals surface area contributed by atoms with Gasteiger partial charge in [-0.15, -0.1) is 11.8 Å². The van der Waals surface area contributed by atoms with Gasteiger partial charge in [0.05, 0.1) is 15.2 Å². The number of nitrogens with zero attached hydrogens (tertiary/aromatic N) is 1. The van der Waals surface area contributed by atoms with Crippen LogP contribution < -0.4 is 0 Å². The summed E-state index contributed by atoms with van der Waals surface area (Å²) in [4.78, 5) is 8.73. The molecule has 1 aromatic heterocycles. The van der Waals surface area contributed by atoms with E-state index in [-0.39, 0.29) is 0 Å². The molecule has 0 radical (unpaired) electrons. The molecule has 0 aliphatic rings. The van der Waals surface area contributed by atoms with E-state index < -0.39 is 0 Å². The molecule has 2 aromatic rings. The standard InChI is InChI=1S/C13H12BrClN2S2/c1-2-9-12(14)13(18)17-11(16-9)7-19-10-6-4-3-5-8(10)15/h3-6H,2,7H2,1H3,(H,16,17,18). The summed E-state index contributed by atoms with van der Waals surface area (Å²) in [7, 11) is 0. The van der Waals surface area contributed by atoms with E-state index in [4.69, 9.17) is 23.8 Å². The predicted octanol–water partition coefficient (Wildman–Crippen LogP) is 5.41. The fraction of sp³-hybridized carbons (Fsp3) is 0.231. The molecular formula is C13H12BrClN2S2. The summed E-state index contributed by atoms with van der Waals surface area (Å²) < 4.78 is 1.49. The van der Waals surface area contributed by atoms with E-state index in [2.05, 4.69) is 32.8 Å². The summed E-state index contributed by atoms with van der Waals surface area (Å²) in [6.45, 7) is 2.08. The molecule has 2 nitrogen and oxygen atoms in total. The Kier molecular flexibility index (Phi) is 5.45. The number of benzene rings is 1. The highest BCUT2D eigenvalue weighted by Crippen LogP contribution is 2.29. The molecule has 0 aliphatic carbocycles. The smallest absolute Gasteiger partial charge is 0.144 e. The maximum atomic E-state index is 6.13. The Bertz CT molecular complexity index is 643. The third kappa shape index (κ3) is 3.81. The number of halogens is 2. The molecule has 0 spiro atoms. The second kappa shape index (κ2) is 6.88. The van der Waals surface area contributed by atoms with Crippen molar-refractivity contribution in [3.8, 4) is 0 Å². The molecule has 0 saturated carbocycles. The lowest BCUT2D eigenvalue weighted by atomic mass is 10.3. The Hall–Kier alpha value is -0.360. The largest absolute Gasteiger partial charge is 0.345 e. The fourth-order valence-corrected chi connectivity index (χ4v) is 3.39. The van der Waals surface area contributed by atoms with Gasteiger partial charge < -0.3 is 4.98 Å². The third-order valence-electron chi connectivity index (χ3n) is 2.54. The first-order chi connectivity index (χ1) is 9.11. The van der Waals surface area contributed by atoms with Crippen LogP contribution in [-0.2, 0) is 12.2 Å². The zero-order chi connectivity index (χ0) is 13.8. The van der Waals surface area contributed by atoms with E-state index in [0.29, 0.717) is 10.4 Å². The normalized spacial score (nSPS) is 10.7. The first-order valence-electron chi connectivity index (χ1n) is 5.76. The van der Waals surface area contributed by atoms with Crippen LogP contribution in [0.2, 0.25) is 5.02 Å². The summed E-state index contributed by atoms with van der Waals surface area (Å²) in [5, 5.41) is 0.763. The van der Waals surface area contributed by atoms with Crippen molar-refractivity contribution in [3.63, 3.8) is 0 Å². The van der Waals surface area contributed by atoms with Crippen molar-refractivity contribution in [2.45, 2.75) is 24.0 Å². The minimum Gasteiger partial charge on any atom is -0.345 e. The van der Waals surface area contributed by atoms with Gasteiger partial charge in [0.1, 0.15) is 10.5 Å². The lowest BCUT2D eigenvalue weighted by molar-refractivity contribution is 0.920. The molecule has 0 amide bonds. The number of aromatic nitrogens is 2. The van der Waals surface area contributed by atoms with Crippen molar-refractivity contribution < 1.29 is 0 Å². The summed E-state index contributed by atoms with van der Waals surface area (Å²) in [5.74, 6) is 1.59. The SMILES string of the molecule is CCc1[nH]c(CSc2ccccc2Cl)nc(=S)c1Br. The maximum Gasteiger partial charge on any atom is 0.144 e. The van der Waals surface area contributed by atoms with Gasteiger partial charge in [0.2, 0.25) is 0 Å². The number of H-pyrrole nitrogens is 1. The molecule has 100 valence electrons. The van der Waals surface area contributed by atoms with Crippen LogP contribution in [0.15, 0.2) is 33.6 Å². The second-order valence-corrected chi connectivity index (χ2v) is 6.46. The van der Waals surface area contributed by atoms with Gasteiger partial charge in [0, 0.05) is 10.6 Å². The number of hydrogen-bond acceptors (Lipinski definition) is 3. The van der Waals surface area contributed by atoms with Crippen molar-refractivity contribution in [1.29, 1.82) is 0 Å². The third-order valence-corrected chi connectivity index (χ3v) is 5.48. The number of hydrogen-bond donors (Lipinski definition) is 1. The molecular weight excluding hydrogens is 364 g/mol. The van der Waals surface area contributed by atoms with Crippen LogP contribution in [0, 0.1) is 4.64 Å². The molecule has 0 bridgehead atoms. The van der Waals surface area contributed by atoms with Crippen LogP contribution >= 0.6 is 51.5 Å². The van der Waals surface area contributed by atoms with Crippen LogP contribution in [-0.4, -0.2) is 9.97 Å². The summed E-state index contributed by atoms with van der Waals surface area (Å²) >= 11 is 16.5. The monoisotopic (exact) mass is 374 g/mol. The summed E-state index contributed by atoms with van der Waals surface area (Å²) in [6.07, 6.45) is 0.885. The van der Waals surface area contributed by atoms with Crippen LogP contribution in [0.3, 0.4) is 0 Å². The van der Waals surface area contributed by atoms with E-state index >= 15 is 0 Å². The Morgan fingerprint density at radius 1 is 1.42 bits per heavy atom. The molecule has 0 atom stereocenters. The van der Waals surface area contributed by atoms with Crippen LogP contribution in [0.4, 0.5) is 0 Å². The van der Waals surface area contributed by atoms with E-state index in [0.717, 1.165) is 32.3 Å². The molecule has 1 N–H and O–H groups in total. The quantitative estimate of drug-likeness (QED) is 0.572. The Labute approximate surface area is 135 Å². The lowest BCUT2D eigenvalue weighted by Crippen LogP contribution is -1.99. The van der Waals surface area contributed by atoms with Crippen molar-refractivity contribution in [3.05, 3.63) is 49.9 Å². The van der Waals surface area contributed by atoms with Crippen molar-refractivity contribution in [1.82, 2.24) is 9.97 Å². The fourth-order valence-electron chi connectivity index (χ4n) is 1.58. The van der Waals surface area contributed by atoms with Crippen molar-refractivity contribution in [2.75, 3.05) is 0 Å². The van der Waals surface area contributed by atoms with Crippen molar-refractivity contribution >= 4 is 51.5 Å². The van der Waals surface area contributed by atoms with Gasteiger partial charge in [-0.25, -0.2) is 4.98 Å². The van der Waals surface area contributed by atoms with Gasteiger partial charge in [-0.05, 0) is 34.5 Å². The van der Waals surface area contributed by atoms with Gasteiger partial charge in [0.15, 0.2) is 0 Å². The number of aryl methyl sites for hydroxylation is 1. The van der Waals surface area contributed by atoms with E-state index in [9.17, 15) is 0 Å². The molecule has 2 rings (SSSR count). The Morgan fingerprint density at radius 3 is 2.84 bits per heavy atom. The number of nitrogens with one attached hydrogen (secondary N) is 1. The van der Waals surface area contributed by atoms with Gasteiger partial charge >= 0.3 is 0 Å². The van der Waals surface area contributed by atoms with Crippen LogP contribution in [0.1, 0.15) is 18.4 Å². The highest BCUT2D eigenvalue weighted by molar-refractivity contribution is 9.10. The van der Waals surface area contributed by atoms with Crippen molar-refractivity contribution in [2.24, 2.45) is 0 Å². The van der Waals surface area contributed by atoms with Gasteiger partial charge in [-0.1, -0.05) is 42.9 Å².